The molecule has 1 aromatic heterocycles. The van der Waals surface area contributed by atoms with Crippen molar-refractivity contribution in [2.24, 2.45) is 0 Å². The summed E-state index contributed by atoms with van der Waals surface area (Å²) in [6.07, 6.45) is -4.61. The predicted molar refractivity (Wildman–Crippen MR) is 71.2 cm³/mol. The summed E-state index contributed by atoms with van der Waals surface area (Å²) < 4.78 is 41.3. The minimum absolute atomic E-state index is 0.0552. The summed E-state index contributed by atoms with van der Waals surface area (Å²) in [5.41, 5.74) is 1.61. The van der Waals surface area contributed by atoms with E-state index < -0.39 is 12.1 Å². The zero-order chi connectivity index (χ0) is 14.8. The third kappa shape index (κ3) is 3.75. The summed E-state index contributed by atoms with van der Waals surface area (Å²) in [6.45, 7) is 4.22. The van der Waals surface area contributed by atoms with E-state index in [1.54, 1.807) is 23.9 Å². The van der Waals surface area contributed by atoms with Crippen LogP contribution in [0.1, 0.15) is 25.3 Å². The number of alkyl halides is 3. The molecule has 0 aliphatic carbocycles. The monoisotopic (exact) mass is 302 g/mol. The standard InChI is InChI=1S/C13H13F3N2OS/c1-8(2)20-7-9-3-5-10(6-4-9)11-17-12(19-18-11)13(14,15)16/h3-6,8H,7H2,1-2H3. The molecule has 0 saturated heterocycles. The van der Waals surface area contributed by atoms with Gasteiger partial charge in [-0.15, -0.1) is 0 Å². The van der Waals surface area contributed by atoms with Gasteiger partial charge in [-0.2, -0.15) is 29.9 Å². The van der Waals surface area contributed by atoms with Crippen molar-refractivity contribution in [3.05, 3.63) is 35.7 Å². The van der Waals surface area contributed by atoms with Crippen molar-refractivity contribution in [3.8, 4) is 11.4 Å². The second-order valence-electron chi connectivity index (χ2n) is 4.48. The molecule has 3 nitrogen and oxygen atoms in total. The van der Waals surface area contributed by atoms with Gasteiger partial charge in [-0.25, -0.2) is 0 Å². The minimum atomic E-state index is -4.61. The van der Waals surface area contributed by atoms with Gasteiger partial charge in [0.05, 0.1) is 0 Å². The molecule has 7 heteroatoms. The van der Waals surface area contributed by atoms with E-state index in [2.05, 4.69) is 28.5 Å². The molecule has 2 rings (SSSR count). The number of thioether (sulfide) groups is 1. The molecule has 1 heterocycles. The van der Waals surface area contributed by atoms with E-state index in [4.69, 9.17) is 0 Å². The van der Waals surface area contributed by atoms with Gasteiger partial charge in [0, 0.05) is 11.3 Å². The highest BCUT2D eigenvalue weighted by Gasteiger charge is 2.38. The van der Waals surface area contributed by atoms with Gasteiger partial charge >= 0.3 is 12.1 Å². The van der Waals surface area contributed by atoms with Crippen molar-refractivity contribution in [1.82, 2.24) is 10.1 Å². The van der Waals surface area contributed by atoms with Gasteiger partial charge in [0.2, 0.25) is 5.82 Å². The number of nitrogens with zero attached hydrogens (tertiary/aromatic N) is 2. The summed E-state index contributed by atoms with van der Waals surface area (Å²) >= 11 is 1.79. The van der Waals surface area contributed by atoms with Crippen molar-refractivity contribution >= 4 is 11.8 Å². The highest BCUT2D eigenvalue weighted by atomic mass is 32.2. The molecule has 0 N–H and O–H groups in total. The molecule has 0 unspecified atom stereocenters. The Kier molecular flexibility index (Phi) is 4.37. The minimum Gasteiger partial charge on any atom is -0.329 e. The molecule has 0 saturated carbocycles. The summed E-state index contributed by atoms with van der Waals surface area (Å²) in [7, 11) is 0. The number of halogens is 3. The number of hydrogen-bond acceptors (Lipinski definition) is 4. The zero-order valence-corrected chi connectivity index (χ0v) is 11.8. The molecule has 0 fully saturated rings. The highest BCUT2D eigenvalue weighted by Crippen LogP contribution is 2.29. The molecule has 2 aromatic rings. The fourth-order valence-electron chi connectivity index (χ4n) is 1.47. The number of benzene rings is 1. The van der Waals surface area contributed by atoms with Gasteiger partial charge in [-0.3, -0.25) is 0 Å². The molecule has 0 aliphatic rings. The van der Waals surface area contributed by atoms with Gasteiger partial charge < -0.3 is 4.52 Å². The molecule has 0 atom stereocenters. The van der Waals surface area contributed by atoms with Crippen LogP contribution in [-0.2, 0) is 11.9 Å². The molecule has 108 valence electrons. The highest BCUT2D eigenvalue weighted by molar-refractivity contribution is 7.99. The van der Waals surface area contributed by atoms with Crippen molar-refractivity contribution < 1.29 is 17.7 Å². The Bertz CT molecular complexity index is 564. The lowest BCUT2D eigenvalue weighted by Gasteiger charge is -2.04. The third-order valence-electron chi connectivity index (χ3n) is 2.46. The Morgan fingerprint density at radius 2 is 1.85 bits per heavy atom. The van der Waals surface area contributed by atoms with Crippen molar-refractivity contribution in [3.63, 3.8) is 0 Å². The number of rotatable bonds is 4. The Morgan fingerprint density at radius 1 is 1.20 bits per heavy atom. The van der Waals surface area contributed by atoms with Crippen molar-refractivity contribution in [2.45, 2.75) is 31.0 Å². The molecule has 0 aliphatic heterocycles. The second-order valence-corrected chi connectivity index (χ2v) is 6.04. The summed E-state index contributed by atoms with van der Waals surface area (Å²) in [4.78, 5) is 3.35. The Labute approximate surface area is 118 Å². The van der Waals surface area contributed by atoms with Crippen LogP contribution in [0.4, 0.5) is 13.2 Å². The molecule has 0 spiro atoms. The average molecular weight is 302 g/mol. The Morgan fingerprint density at radius 3 is 2.35 bits per heavy atom. The summed E-state index contributed by atoms with van der Waals surface area (Å²) in [5, 5.41) is 3.87. The van der Waals surface area contributed by atoms with Crippen LogP contribution in [0, 0.1) is 0 Å². The lowest BCUT2D eigenvalue weighted by molar-refractivity contribution is -0.159. The van der Waals surface area contributed by atoms with E-state index in [1.807, 2.05) is 12.1 Å². The van der Waals surface area contributed by atoms with E-state index in [-0.39, 0.29) is 5.82 Å². The van der Waals surface area contributed by atoms with Gasteiger partial charge in [0.1, 0.15) is 0 Å². The third-order valence-corrected chi connectivity index (χ3v) is 3.63. The van der Waals surface area contributed by atoms with Crippen LogP contribution in [0.5, 0.6) is 0 Å². The van der Waals surface area contributed by atoms with Gasteiger partial charge in [-0.05, 0) is 10.8 Å². The fourth-order valence-corrected chi connectivity index (χ4v) is 2.19. The largest absolute Gasteiger partial charge is 0.471 e. The maximum atomic E-state index is 12.4. The summed E-state index contributed by atoms with van der Waals surface area (Å²) in [5.74, 6) is -0.523. The summed E-state index contributed by atoms with van der Waals surface area (Å²) in [6, 6.07) is 7.10. The maximum Gasteiger partial charge on any atom is 0.471 e. The van der Waals surface area contributed by atoms with Crippen molar-refractivity contribution in [1.29, 1.82) is 0 Å². The molecule has 1 aromatic carbocycles. The zero-order valence-electron chi connectivity index (χ0n) is 10.9. The van der Waals surface area contributed by atoms with Gasteiger partial charge in [0.15, 0.2) is 0 Å². The lowest BCUT2D eigenvalue weighted by atomic mass is 10.1. The molecule has 0 bridgehead atoms. The van der Waals surface area contributed by atoms with Crippen LogP contribution >= 0.6 is 11.8 Å². The SMILES string of the molecule is CC(C)SCc1ccc(-c2noc(C(F)(F)F)n2)cc1. The maximum absolute atomic E-state index is 12.4. The Hall–Kier alpha value is -1.50. The quantitative estimate of drug-likeness (QED) is 0.839. The van der Waals surface area contributed by atoms with Crippen LogP contribution in [0.3, 0.4) is 0 Å². The van der Waals surface area contributed by atoms with Crippen LogP contribution in [0.15, 0.2) is 28.8 Å². The smallest absolute Gasteiger partial charge is 0.329 e. The molecule has 0 amide bonds. The average Bonchev–Trinajstić information content (AvgIpc) is 2.86. The van der Waals surface area contributed by atoms with Gasteiger partial charge in [-0.1, -0.05) is 43.3 Å². The van der Waals surface area contributed by atoms with E-state index in [0.29, 0.717) is 10.8 Å². The first kappa shape index (κ1) is 14.9. The molecule has 0 radical (unpaired) electrons. The molecular weight excluding hydrogens is 289 g/mol. The molecule has 20 heavy (non-hydrogen) atoms. The predicted octanol–water partition coefficient (Wildman–Crippen LogP) is 4.40. The fraction of sp³-hybridized carbons (Fsp3) is 0.385. The normalized spacial score (nSPS) is 12.1. The second kappa shape index (κ2) is 5.87. The van der Waals surface area contributed by atoms with E-state index in [1.165, 1.54) is 0 Å². The van der Waals surface area contributed by atoms with Crippen molar-refractivity contribution in [2.75, 3.05) is 0 Å². The van der Waals surface area contributed by atoms with E-state index >= 15 is 0 Å². The van der Waals surface area contributed by atoms with Crippen LogP contribution in [0.2, 0.25) is 0 Å². The van der Waals surface area contributed by atoms with Crippen LogP contribution < -0.4 is 0 Å². The van der Waals surface area contributed by atoms with Crippen LogP contribution in [-0.4, -0.2) is 15.4 Å². The first-order valence-corrected chi connectivity index (χ1v) is 7.03. The van der Waals surface area contributed by atoms with Gasteiger partial charge in [0.25, 0.3) is 0 Å². The van der Waals surface area contributed by atoms with E-state index in [0.717, 1.165) is 11.3 Å². The van der Waals surface area contributed by atoms with Crippen LogP contribution in [0.25, 0.3) is 11.4 Å². The topological polar surface area (TPSA) is 38.9 Å². The van der Waals surface area contributed by atoms with E-state index in [9.17, 15) is 13.2 Å². The first-order valence-electron chi connectivity index (χ1n) is 5.98. The Balaban J connectivity index is 2.12. The number of aromatic nitrogens is 2. The number of hydrogen-bond donors (Lipinski definition) is 0. The first-order chi connectivity index (χ1) is 9.36. The molecular formula is C13H13F3N2OS. The lowest BCUT2D eigenvalue weighted by Crippen LogP contribution is -2.04.